The molecule has 0 saturated carbocycles. The summed E-state index contributed by atoms with van der Waals surface area (Å²) in [5.74, 6) is -1.48. The Hall–Kier alpha value is -3.53. The summed E-state index contributed by atoms with van der Waals surface area (Å²) in [5, 5.41) is 21.3. The molecule has 26 heavy (non-hydrogen) atoms. The fourth-order valence-electron chi connectivity index (χ4n) is 1.98. The summed E-state index contributed by atoms with van der Waals surface area (Å²) in [6.45, 7) is 0. The second kappa shape index (κ2) is 8.03. The second-order valence-electron chi connectivity index (χ2n) is 5.15. The highest BCUT2D eigenvalue weighted by Crippen LogP contribution is 2.29. The van der Waals surface area contributed by atoms with Crippen molar-refractivity contribution in [1.29, 1.82) is 5.26 Å². The summed E-state index contributed by atoms with van der Waals surface area (Å²) in [4.78, 5) is 12.1. The van der Waals surface area contributed by atoms with Gasteiger partial charge in [0.15, 0.2) is 5.57 Å². The molecule has 4 nitrogen and oxygen atoms in total. The zero-order chi connectivity index (χ0) is 19.2. The fraction of sp³-hybridized carbons (Fsp3) is 0.0526. The molecule has 0 aromatic heterocycles. The molecule has 132 valence electrons. The van der Waals surface area contributed by atoms with E-state index in [1.54, 1.807) is 30.3 Å². The molecule has 0 spiro atoms. The average molecular weight is 358 g/mol. The van der Waals surface area contributed by atoms with Gasteiger partial charge in [0.05, 0.1) is 5.56 Å². The zero-order valence-corrected chi connectivity index (χ0v) is 13.3. The van der Waals surface area contributed by atoms with Crippen molar-refractivity contribution in [1.82, 2.24) is 0 Å². The molecule has 2 aromatic carbocycles. The number of alkyl halides is 3. The first-order valence-corrected chi connectivity index (χ1v) is 7.36. The van der Waals surface area contributed by atoms with Crippen LogP contribution in [0.25, 0.3) is 6.08 Å². The first kappa shape index (κ1) is 18.8. The number of anilines is 1. The van der Waals surface area contributed by atoms with Gasteiger partial charge in [0.1, 0.15) is 11.8 Å². The van der Waals surface area contributed by atoms with E-state index in [-0.39, 0.29) is 5.69 Å². The van der Waals surface area contributed by atoms with Crippen LogP contribution < -0.4 is 5.32 Å². The summed E-state index contributed by atoms with van der Waals surface area (Å²) in [7, 11) is 0. The number of aliphatic hydroxyl groups excluding tert-OH is 1. The lowest BCUT2D eigenvalue weighted by molar-refractivity contribution is -0.137. The SMILES string of the molecule is N#C/C(C(=O)Nc1ccc(C(F)(F)F)cc1)=C(O)\C=C\c1ccccc1. The van der Waals surface area contributed by atoms with Crippen molar-refractivity contribution < 1.29 is 23.1 Å². The van der Waals surface area contributed by atoms with Gasteiger partial charge in [-0.15, -0.1) is 0 Å². The number of benzene rings is 2. The molecule has 0 unspecified atom stereocenters. The van der Waals surface area contributed by atoms with E-state index in [1.807, 2.05) is 6.07 Å². The minimum absolute atomic E-state index is 0.0654. The smallest absolute Gasteiger partial charge is 0.416 e. The molecule has 0 aliphatic carbocycles. The molecule has 0 aliphatic heterocycles. The molecular weight excluding hydrogens is 345 g/mol. The van der Waals surface area contributed by atoms with Gasteiger partial charge >= 0.3 is 6.18 Å². The van der Waals surface area contributed by atoms with Crippen LogP contribution in [0.2, 0.25) is 0 Å². The quantitative estimate of drug-likeness (QED) is 0.360. The van der Waals surface area contributed by atoms with Gasteiger partial charge in [0.25, 0.3) is 5.91 Å². The lowest BCUT2D eigenvalue weighted by atomic mass is 10.1. The standard InChI is InChI=1S/C19H13F3N2O2/c20-19(21,22)14-7-9-15(10-8-14)24-18(26)16(12-23)17(25)11-6-13-4-2-1-3-5-13/h1-11,25H,(H,24,26)/b11-6+,17-16-. The van der Waals surface area contributed by atoms with Crippen LogP contribution in [-0.4, -0.2) is 11.0 Å². The van der Waals surface area contributed by atoms with E-state index in [2.05, 4.69) is 5.32 Å². The van der Waals surface area contributed by atoms with Crippen molar-refractivity contribution in [2.24, 2.45) is 0 Å². The number of rotatable bonds is 4. The predicted octanol–water partition coefficient (Wildman–Crippen LogP) is 4.69. The van der Waals surface area contributed by atoms with E-state index in [0.717, 1.165) is 29.8 Å². The average Bonchev–Trinajstić information content (AvgIpc) is 2.61. The third-order valence-electron chi connectivity index (χ3n) is 3.30. The van der Waals surface area contributed by atoms with Crippen LogP contribution in [0.5, 0.6) is 0 Å². The van der Waals surface area contributed by atoms with Crippen LogP contribution in [0, 0.1) is 11.3 Å². The normalized spacial score (nSPS) is 12.4. The Balaban J connectivity index is 2.15. The molecule has 2 N–H and O–H groups in total. The number of hydrogen-bond acceptors (Lipinski definition) is 3. The van der Waals surface area contributed by atoms with Gasteiger partial charge < -0.3 is 10.4 Å². The van der Waals surface area contributed by atoms with Crippen LogP contribution in [-0.2, 0) is 11.0 Å². The highest BCUT2D eigenvalue weighted by Gasteiger charge is 2.30. The predicted molar refractivity (Wildman–Crippen MR) is 90.8 cm³/mol. The van der Waals surface area contributed by atoms with Gasteiger partial charge in [-0.2, -0.15) is 18.4 Å². The number of aliphatic hydroxyl groups is 1. The van der Waals surface area contributed by atoms with Crippen LogP contribution in [0.1, 0.15) is 11.1 Å². The fourth-order valence-corrected chi connectivity index (χ4v) is 1.98. The van der Waals surface area contributed by atoms with Crippen molar-refractivity contribution in [3.8, 4) is 6.07 Å². The van der Waals surface area contributed by atoms with Gasteiger partial charge in [0, 0.05) is 5.69 Å². The van der Waals surface area contributed by atoms with Gasteiger partial charge in [-0.25, -0.2) is 0 Å². The Bertz CT molecular complexity index is 878. The summed E-state index contributed by atoms with van der Waals surface area (Å²) < 4.78 is 37.6. The van der Waals surface area contributed by atoms with Crippen molar-refractivity contribution in [3.05, 3.63) is 83.1 Å². The topological polar surface area (TPSA) is 73.1 Å². The Morgan fingerprint density at radius 1 is 1.08 bits per heavy atom. The Morgan fingerprint density at radius 2 is 1.69 bits per heavy atom. The second-order valence-corrected chi connectivity index (χ2v) is 5.15. The molecule has 0 atom stereocenters. The van der Waals surface area contributed by atoms with E-state index >= 15 is 0 Å². The van der Waals surface area contributed by atoms with Crippen LogP contribution in [0.3, 0.4) is 0 Å². The molecule has 0 bridgehead atoms. The molecular formula is C19H13F3N2O2. The summed E-state index contributed by atoms with van der Waals surface area (Å²) in [6, 6.07) is 14.2. The largest absolute Gasteiger partial charge is 0.506 e. The zero-order valence-electron chi connectivity index (χ0n) is 13.3. The highest BCUT2D eigenvalue weighted by atomic mass is 19.4. The summed E-state index contributed by atoms with van der Waals surface area (Å²) >= 11 is 0. The van der Waals surface area contributed by atoms with Gasteiger partial charge in [-0.1, -0.05) is 36.4 Å². The molecule has 0 fully saturated rings. The molecule has 0 aliphatic rings. The first-order valence-electron chi connectivity index (χ1n) is 7.36. The molecule has 0 radical (unpaired) electrons. The molecule has 0 heterocycles. The number of nitriles is 1. The number of nitrogens with zero attached hydrogens (tertiary/aromatic N) is 1. The maximum absolute atomic E-state index is 12.5. The van der Waals surface area contributed by atoms with Gasteiger partial charge in [-0.3, -0.25) is 4.79 Å². The van der Waals surface area contributed by atoms with Crippen molar-refractivity contribution in [3.63, 3.8) is 0 Å². The summed E-state index contributed by atoms with van der Waals surface area (Å²) in [5.41, 5.74) is -0.604. The van der Waals surface area contributed by atoms with Crippen molar-refractivity contribution >= 4 is 17.7 Å². The summed E-state index contributed by atoms with van der Waals surface area (Å²) in [6.07, 6.45) is -1.78. The van der Waals surface area contributed by atoms with Crippen LogP contribution >= 0.6 is 0 Å². The van der Waals surface area contributed by atoms with E-state index in [1.165, 1.54) is 12.2 Å². The Morgan fingerprint density at radius 3 is 2.23 bits per heavy atom. The molecule has 2 rings (SSSR count). The number of allylic oxidation sites excluding steroid dienone is 1. The van der Waals surface area contributed by atoms with Crippen LogP contribution in [0.15, 0.2) is 72.0 Å². The van der Waals surface area contributed by atoms with E-state index in [4.69, 9.17) is 5.26 Å². The minimum atomic E-state index is -4.49. The van der Waals surface area contributed by atoms with E-state index < -0.39 is 29.0 Å². The van der Waals surface area contributed by atoms with Crippen molar-refractivity contribution in [2.75, 3.05) is 5.32 Å². The number of halogens is 3. The lowest BCUT2D eigenvalue weighted by Gasteiger charge is -2.08. The number of hydrogen-bond donors (Lipinski definition) is 2. The maximum Gasteiger partial charge on any atom is 0.416 e. The van der Waals surface area contributed by atoms with E-state index in [9.17, 15) is 23.1 Å². The van der Waals surface area contributed by atoms with E-state index in [0.29, 0.717) is 0 Å². The molecule has 2 aromatic rings. The highest BCUT2D eigenvalue weighted by molar-refractivity contribution is 6.07. The molecule has 7 heteroatoms. The number of amides is 1. The Labute approximate surface area is 147 Å². The van der Waals surface area contributed by atoms with Gasteiger partial charge in [0.2, 0.25) is 0 Å². The van der Waals surface area contributed by atoms with Crippen LogP contribution in [0.4, 0.5) is 18.9 Å². The maximum atomic E-state index is 12.5. The minimum Gasteiger partial charge on any atom is -0.506 e. The third-order valence-corrected chi connectivity index (χ3v) is 3.30. The lowest BCUT2D eigenvalue weighted by Crippen LogP contribution is -2.15. The molecule has 0 saturated heterocycles. The number of carbonyl (C=O) groups is 1. The molecule has 1 amide bonds. The first-order chi connectivity index (χ1) is 12.3. The van der Waals surface area contributed by atoms with Gasteiger partial charge in [-0.05, 0) is 35.9 Å². The Kier molecular flexibility index (Phi) is 5.81. The van der Waals surface area contributed by atoms with Crippen molar-refractivity contribution in [2.45, 2.75) is 6.18 Å². The third kappa shape index (κ3) is 4.98. The number of nitrogens with one attached hydrogen (secondary N) is 1. The number of carbonyl (C=O) groups excluding carboxylic acids is 1. The monoisotopic (exact) mass is 358 g/mol.